The van der Waals surface area contributed by atoms with Gasteiger partial charge < -0.3 is 19.1 Å². The van der Waals surface area contributed by atoms with Crippen LogP contribution in [0.25, 0.3) is 0 Å². The second-order valence-corrected chi connectivity index (χ2v) is 6.49. The molecule has 2 aromatic rings. The third-order valence-electron chi connectivity index (χ3n) is 3.65. The summed E-state index contributed by atoms with van der Waals surface area (Å²) in [6.45, 7) is 1.42. The molecule has 0 aromatic heterocycles. The first-order valence-electron chi connectivity index (χ1n) is 7.72. The Labute approximate surface area is 156 Å². The molecule has 7 heteroatoms. The first-order chi connectivity index (χ1) is 12.0. The molecule has 0 saturated carbocycles. The SMILES string of the molecule is CN(Cc1ccc2c(c1)OCCO2)C(=O)COc1cc(Cl)cc(Cl)c1. The summed E-state index contributed by atoms with van der Waals surface area (Å²) in [6.07, 6.45) is 0. The van der Waals surface area contributed by atoms with Crippen LogP contribution in [0.5, 0.6) is 17.2 Å². The van der Waals surface area contributed by atoms with Crippen molar-refractivity contribution in [3.8, 4) is 17.2 Å². The highest BCUT2D eigenvalue weighted by Crippen LogP contribution is 2.31. The zero-order chi connectivity index (χ0) is 17.8. The molecule has 0 spiro atoms. The third-order valence-corrected chi connectivity index (χ3v) is 4.09. The van der Waals surface area contributed by atoms with Gasteiger partial charge in [0.05, 0.1) is 0 Å². The minimum atomic E-state index is -0.161. The summed E-state index contributed by atoms with van der Waals surface area (Å²) < 4.78 is 16.5. The smallest absolute Gasteiger partial charge is 0.260 e. The van der Waals surface area contributed by atoms with Gasteiger partial charge in [0.25, 0.3) is 5.91 Å². The van der Waals surface area contributed by atoms with E-state index in [1.807, 2.05) is 18.2 Å². The van der Waals surface area contributed by atoms with Crippen LogP contribution in [0.4, 0.5) is 0 Å². The zero-order valence-electron chi connectivity index (χ0n) is 13.6. The number of fused-ring (bicyclic) bond motifs is 1. The fraction of sp³-hybridized carbons (Fsp3) is 0.278. The minimum Gasteiger partial charge on any atom is -0.486 e. The van der Waals surface area contributed by atoms with Crippen molar-refractivity contribution < 1.29 is 19.0 Å². The normalized spacial score (nSPS) is 12.6. The van der Waals surface area contributed by atoms with E-state index in [9.17, 15) is 4.79 Å². The highest BCUT2D eigenvalue weighted by Gasteiger charge is 2.15. The standard InChI is InChI=1S/C18H17Cl2NO4/c1-21(10-12-2-3-16-17(6-12)24-5-4-23-16)18(22)11-25-15-8-13(19)7-14(20)9-15/h2-3,6-9H,4-5,10-11H2,1H3. The number of likely N-dealkylation sites (N-methyl/N-ethyl adjacent to an activating group) is 1. The number of amides is 1. The Bertz CT molecular complexity index is 761. The van der Waals surface area contributed by atoms with Crippen molar-refractivity contribution in [2.24, 2.45) is 0 Å². The topological polar surface area (TPSA) is 48.0 Å². The molecule has 132 valence electrons. The number of carbonyl (C=O) groups is 1. The van der Waals surface area contributed by atoms with Crippen molar-refractivity contribution in [1.29, 1.82) is 0 Å². The largest absolute Gasteiger partial charge is 0.486 e. The molecule has 0 saturated heterocycles. The summed E-state index contributed by atoms with van der Waals surface area (Å²) in [6, 6.07) is 10.5. The lowest BCUT2D eigenvalue weighted by Gasteiger charge is -2.21. The molecule has 0 aliphatic carbocycles. The fourth-order valence-electron chi connectivity index (χ4n) is 2.42. The Balaban J connectivity index is 1.57. The lowest BCUT2D eigenvalue weighted by molar-refractivity contribution is -0.132. The average molecular weight is 382 g/mol. The van der Waals surface area contributed by atoms with Gasteiger partial charge in [0.1, 0.15) is 19.0 Å². The quantitative estimate of drug-likeness (QED) is 0.789. The van der Waals surface area contributed by atoms with E-state index < -0.39 is 0 Å². The van der Waals surface area contributed by atoms with Crippen LogP contribution in [0.3, 0.4) is 0 Å². The van der Waals surface area contributed by atoms with Gasteiger partial charge in [0.2, 0.25) is 0 Å². The summed E-state index contributed by atoms with van der Waals surface area (Å²) in [5.74, 6) is 1.73. The molecule has 0 atom stereocenters. The van der Waals surface area contributed by atoms with Crippen molar-refractivity contribution in [3.05, 3.63) is 52.0 Å². The Morgan fingerprint density at radius 1 is 1.08 bits per heavy atom. The molecule has 0 bridgehead atoms. The van der Waals surface area contributed by atoms with Gasteiger partial charge in [-0.2, -0.15) is 0 Å². The Hall–Kier alpha value is -2.11. The molecule has 2 aromatic carbocycles. The number of benzene rings is 2. The zero-order valence-corrected chi connectivity index (χ0v) is 15.1. The summed E-state index contributed by atoms with van der Waals surface area (Å²) in [7, 11) is 1.72. The molecule has 0 radical (unpaired) electrons. The number of rotatable bonds is 5. The number of hydrogen-bond acceptors (Lipinski definition) is 4. The maximum absolute atomic E-state index is 12.3. The van der Waals surface area contributed by atoms with Crippen LogP contribution >= 0.6 is 23.2 Å². The van der Waals surface area contributed by atoms with Crippen molar-refractivity contribution >= 4 is 29.1 Å². The third kappa shape index (κ3) is 4.71. The van der Waals surface area contributed by atoms with Crippen LogP contribution in [0.1, 0.15) is 5.56 Å². The molecule has 1 aliphatic heterocycles. The summed E-state index contributed by atoms with van der Waals surface area (Å²) in [4.78, 5) is 13.8. The van der Waals surface area contributed by atoms with Crippen LogP contribution in [0.2, 0.25) is 10.0 Å². The van der Waals surface area contributed by atoms with E-state index in [0.29, 0.717) is 41.3 Å². The summed E-state index contributed by atoms with van der Waals surface area (Å²) in [5, 5.41) is 0.916. The van der Waals surface area contributed by atoms with E-state index in [0.717, 1.165) is 11.3 Å². The van der Waals surface area contributed by atoms with Gasteiger partial charge >= 0.3 is 0 Å². The van der Waals surface area contributed by atoms with Gasteiger partial charge in [0, 0.05) is 23.6 Å². The summed E-state index contributed by atoms with van der Waals surface area (Å²) >= 11 is 11.8. The molecule has 1 heterocycles. The van der Waals surface area contributed by atoms with E-state index in [1.165, 1.54) is 0 Å². The van der Waals surface area contributed by atoms with E-state index in [4.69, 9.17) is 37.4 Å². The van der Waals surface area contributed by atoms with Crippen LogP contribution < -0.4 is 14.2 Å². The van der Waals surface area contributed by atoms with E-state index in [1.54, 1.807) is 30.1 Å². The first kappa shape index (κ1) is 17.7. The predicted octanol–water partition coefficient (Wildman–Crippen LogP) is 3.80. The van der Waals surface area contributed by atoms with Gasteiger partial charge in [-0.15, -0.1) is 0 Å². The molecule has 0 unspecified atom stereocenters. The minimum absolute atomic E-state index is 0.0995. The maximum Gasteiger partial charge on any atom is 0.260 e. The predicted molar refractivity (Wildman–Crippen MR) is 95.9 cm³/mol. The number of carbonyl (C=O) groups excluding carboxylic acids is 1. The van der Waals surface area contributed by atoms with Gasteiger partial charge in [-0.3, -0.25) is 4.79 Å². The van der Waals surface area contributed by atoms with Crippen molar-refractivity contribution in [3.63, 3.8) is 0 Å². The number of nitrogens with zero attached hydrogens (tertiary/aromatic N) is 1. The van der Waals surface area contributed by atoms with E-state index in [-0.39, 0.29) is 12.5 Å². The average Bonchev–Trinajstić information content (AvgIpc) is 2.58. The summed E-state index contributed by atoms with van der Waals surface area (Å²) in [5.41, 5.74) is 0.950. The van der Waals surface area contributed by atoms with Gasteiger partial charge in [-0.1, -0.05) is 29.3 Å². The number of ether oxygens (including phenoxy) is 3. The van der Waals surface area contributed by atoms with Crippen LogP contribution in [-0.2, 0) is 11.3 Å². The molecule has 5 nitrogen and oxygen atoms in total. The molecule has 0 fully saturated rings. The number of hydrogen-bond donors (Lipinski definition) is 0. The lowest BCUT2D eigenvalue weighted by atomic mass is 10.2. The van der Waals surface area contributed by atoms with E-state index >= 15 is 0 Å². The molecule has 1 aliphatic rings. The van der Waals surface area contributed by atoms with E-state index in [2.05, 4.69) is 0 Å². The van der Waals surface area contributed by atoms with Crippen molar-refractivity contribution in [1.82, 2.24) is 4.90 Å². The first-order valence-corrected chi connectivity index (χ1v) is 8.48. The molecule has 25 heavy (non-hydrogen) atoms. The molecule has 3 rings (SSSR count). The Kier molecular flexibility index (Phi) is 5.56. The lowest BCUT2D eigenvalue weighted by Crippen LogP contribution is -2.31. The van der Waals surface area contributed by atoms with Crippen molar-refractivity contribution in [2.45, 2.75) is 6.54 Å². The van der Waals surface area contributed by atoms with Crippen molar-refractivity contribution in [2.75, 3.05) is 26.9 Å². The Morgan fingerprint density at radius 2 is 1.76 bits per heavy atom. The van der Waals surface area contributed by atoms with Crippen LogP contribution in [0, 0.1) is 0 Å². The van der Waals surface area contributed by atoms with Gasteiger partial charge in [-0.25, -0.2) is 0 Å². The molecular weight excluding hydrogens is 365 g/mol. The second-order valence-electron chi connectivity index (χ2n) is 5.62. The van der Waals surface area contributed by atoms with Gasteiger partial charge in [-0.05, 0) is 35.9 Å². The second kappa shape index (κ2) is 7.85. The molecular formula is C18H17Cl2NO4. The highest BCUT2D eigenvalue weighted by molar-refractivity contribution is 6.34. The van der Waals surface area contributed by atoms with Crippen LogP contribution in [0.15, 0.2) is 36.4 Å². The molecule has 1 amide bonds. The van der Waals surface area contributed by atoms with Crippen LogP contribution in [-0.4, -0.2) is 37.7 Å². The van der Waals surface area contributed by atoms with Gasteiger partial charge in [0.15, 0.2) is 18.1 Å². The number of halogens is 2. The Morgan fingerprint density at radius 3 is 2.48 bits per heavy atom. The molecule has 0 N–H and O–H groups in total. The monoisotopic (exact) mass is 381 g/mol. The fourth-order valence-corrected chi connectivity index (χ4v) is 2.92. The highest BCUT2D eigenvalue weighted by atomic mass is 35.5. The maximum atomic E-state index is 12.3.